The van der Waals surface area contributed by atoms with Crippen LogP contribution in [0.15, 0.2) is 42.9 Å². The summed E-state index contributed by atoms with van der Waals surface area (Å²) in [5.74, 6) is -0.491. The van der Waals surface area contributed by atoms with Gasteiger partial charge >= 0.3 is 12.4 Å². The van der Waals surface area contributed by atoms with Crippen LogP contribution in [0.4, 0.5) is 49.4 Å². The SMILES string of the molecule is N#Cc1ccc(N2CCc3c(ncnc3Nc3ccc(NC(=O)CC(F)(F)F)cn3)C2)cc1C(F)(F)F. The number of alkyl halides is 6. The van der Waals surface area contributed by atoms with Gasteiger partial charge in [-0.2, -0.15) is 31.6 Å². The van der Waals surface area contributed by atoms with Crippen LogP contribution in [0, 0.1) is 11.3 Å². The number of hydrogen-bond donors (Lipinski definition) is 2. The molecular formula is C23H17F6N7O. The smallest absolute Gasteiger partial charge is 0.365 e. The van der Waals surface area contributed by atoms with Crippen molar-refractivity contribution >= 4 is 28.9 Å². The fourth-order valence-corrected chi connectivity index (χ4v) is 3.79. The highest BCUT2D eigenvalue weighted by atomic mass is 19.4. The molecule has 4 rings (SSSR count). The lowest BCUT2D eigenvalue weighted by Crippen LogP contribution is -2.32. The summed E-state index contributed by atoms with van der Waals surface area (Å²) in [6.45, 7) is 0.559. The molecule has 0 fully saturated rings. The van der Waals surface area contributed by atoms with E-state index in [-0.39, 0.29) is 12.2 Å². The monoisotopic (exact) mass is 521 g/mol. The molecule has 1 aliphatic heterocycles. The molecule has 2 aromatic heterocycles. The third-order valence-corrected chi connectivity index (χ3v) is 5.46. The standard InChI is InChI=1S/C23H17F6N7O/c24-22(25,26)8-20(37)34-14-2-4-19(31-10-14)35-21-16-5-6-36(11-18(16)32-12-33-21)15-3-1-13(9-30)17(7-15)23(27,28)29/h1-4,7,10,12H,5-6,8,11H2,(H,34,37)(H,31,32,33,35). The number of halogens is 6. The van der Waals surface area contributed by atoms with E-state index < -0.39 is 35.8 Å². The van der Waals surface area contributed by atoms with Crippen molar-refractivity contribution in [1.29, 1.82) is 5.26 Å². The number of carbonyl (C=O) groups excluding carboxylic acids is 1. The van der Waals surface area contributed by atoms with E-state index in [1.54, 1.807) is 11.0 Å². The minimum atomic E-state index is -4.67. The Balaban J connectivity index is 1.48. The van der Waals surface area contributed by atoms with Crippen molar-refractivity contribution in [3.8, 4) is 6.07 Å². The highest BCUT2D eigenvalue weighted by molar-refractivity contribution is 5.91. The Labute approximate surface area is 206 Å². The van der Waals surface area contributed by atoms with Gasteiger partial charge in [0.05, 0.1) is 41.3 Å². The van der Waals surface area contributed by atoms with Gasteiger partial charge in [0.2, 0.25) is 5.91 Å². The molecule has 37 heavy (non-hydrogen) atoms. The van der Waals surface area contributed by atoms with Crippen LogP contribution < -0.4 is 15.5 Å². The van der Waals surface area contributed by atoms with Gasteiger partial charge < -0.3 is 15.5 Å². The fraction of sp³-hybridized carbons (Fsp3) is 0.261. The van der Waals surface area contributed by atoms with Crippen LogP contribution in [0.3, 0.4) is 0 Å². The largest absolute Gasteiger partial charge is 0.417 e. The fourth-order valence-electron chi connectivity index (χ4n) is 3.79. The molecule has 0 spiro atoms. The lowest BCUT2D eigenvalue weighted by Gasteiger charge is -2.31. The van der Waals surface area contributed by atoms with Crippen LogP contribution in [-0.4, -0.2) is 33.6 Å². The van der Waals surface area contributed by atoms with Gasteiger partial charge in [0.15, 0.2) is 0 Å². The van der Waals surface area contributed by atoms with E-state index in [0.29, 0.717) is 36.0 Å². The zero-order valence-electron chi connectivity index (χ0n) is 18.8. The van der Waals surface area contributed by atoms with Crippen LogP contribution >= 0.6 is 0 Å². The van der Waals surface area contributed by atoms with Crippen LogP contribution in [0.5, 0.6) is 0 Å². The summed E-state index contributed by atoms with van der Waals surface area (Å²) >= 11 is 0. The predicted molar refractivity (Wildman–Crippen MR) is 120 cm³/mol. The number of benzene rings is 1. The second kappa shape index (κ2) is 9.92. The molecular weight excluding hydrogens is 504 g/mol. The number of rotatable bonds is 5. The van der Waals surface area contributed by atoms with E-state index in [9.17, 15) is 31.1 Å². The molecule has 0 saturated carbocycles. The van der Waals surface area contributed by atoms with Crippen LogP contribution in [-0.2, 0) is 23.9 Å². The van der Waals surface area contributed by atoms with E-state index in [2.05, 4.69) is 25.6 Å². The van der Waals surface area contributed by atoms with Gasteiger partial charge in [-0.25, -0.2) is 15.0 Å². The summed E-state index contributed by atoms with van der Waals surface area (Å²) in [7, 11) is 0. The van der Waals surface area contributed by atoms with Crippen molar-refractivity contribution in [3.05, 3.63) is 65.2 Å². The molecule has 192 valence electrons. The van der Waals surface area contributed by atoms with Gasteiger partial charge in [-0.3, -0.25) is 4.79 Å². The molecule has 3 aromatic rings. The minimum Gasteiger partial charge on any atom is -0.365 e. The molecule has 1 aromatic carbocycles. The predicted octanol–water partition coefficient (Wildman–Crippen LogP) is 4.96. The first-order chi connectivity index (χ1) is 17.4. The summed E-state index contributed by atoms with van der Waals surface area (Å²) in [5.41, 5.74) is 0.231. The molecule has 0 aliphatic carbocycles. The molecule has 0 bridgehead atoms. The Morgan fingerprint density at radius 3 is 2.51 bits per heavy atom. The number of nitrogens with one attached hydrogen (secondary N) is 2. The highest BCUT2D eigenvalue weighted by Crippen LogP contribution is 2.36. The summed E-state index contributed by atoms with van der Waals surface area (Å²) in [5, 5.41) is 14.1. The number of aromatic nitrogens is 3. The molecule has 0 atom stereocenters. The zero-order chi connectivity index (χ0) is 26.8. The lowest BCUT2D eigenvalue weighted by atomic mass is 10.0. The van der Waals surface area contributed by atoms with Gasteiger partial charge in [-0.05, 0) is 36.8 Å². The Kier molecular flexibility index (Phi) is 6.88. The zero-order valence-corrected chi connectivity index (χ0v) is 18.8. The second-order valence-electron chi connectivity index (χ2n) is 8.06. The number of anilines is 4. The van der Waals surface area contributed by atoms with Crippen molar-refractivity contribution < 1.29 is 31.1 Å². The first-order valence-corrected chi connectivity index (χ1v) is 10.7. The summed E-state index contributed by atoms with van der Waals surface area (Å²) in [6.07, 6.45) is -8.03. The lowest BCUT2D eigenvalue weighted by molar-refractivity contribution is -0.150. The van der Waals surface area contributed by atoms with E-state index in [1.165, 1.54) is 30.7 Å². The van der Waals surface area contributed by atoms with Gasteiger partial charge in [0, 0.05) is 17.8 Å². The number of nitriles is 1. The van der Waals surface area contributed by atoms with Crippen LogP contribution in [0.2, 0.25) is 0 Å². The van der Waals surface area contributed by atoms with E-state index in [1.807, 2.05) is 0 Å². The Hall–Kier alpha value is -4.41. The Bertz CT molecular complexity index is 1350. The quantitative estimate of drug-likeness (QED) is 0.457. The highest BCUT2D eigenvalue weighted by Gasteiger charge is 2.35. The average Bonchev–Trinajstić information content (AvgIpc) is 2.83. The summed E-state index contributed by atoms with van der Waals surface area (Å²) in [6, 6.07) is 7.93. The average molecular weight is 521 g/mol. The van der Waals surface area contributed by atoms with Crippen LogP contribution in [0.25, 0.3) is 0 Å². The number of carbonyl (C=O) groups is 1. The molecule has 3 heterocycles. The van der Waals surface area contributed by atoms with Crippen molar-refractivity contribution in [2.75, 3.05) is 22.1 Å². The second-order valence-corrected chi connectivity index (χ2v) is 8.06. The first-order valence-electron chi connectivity index (χ1n) is 10.7. The number of pyridine rings is 1. The molecule has 8 nitrogen and oxygen atoms in total. The summed E-state index contributed by atoms with van der Waals surface area (Å²) in [4.78, 5) is 25.7. The van der Waals surface area contributed by atoms with Crippen molar-refractivity contribution in [3.63, 3.8) is 0 Å². The third kappa shape index (κ3) is 6.24. The summed E-state index contributed by atoms with van der Waals surface area (Å²) < 4.78 is 77.0. The topological polar surface area (TPSA) is 107 Å². The van der Waals surface area contributed by atoms with Gasteiger partial charge in [-0.15, -0.1) is 0 Å². The molecule has 0 unspecified atom stereocenters. The van der Waals surface area contributed by atoms with E-state index >= 15 is 0 Å². The molecule has 0 saturated heterocycles. The van der Waals surface area contributed by atoms with Gasteiger partial charge in [0.25, 0.3) is 0 Å². The molecule has 2 N–H and O–H groups in total. The maximum atomic E-state index is 13.4. The maximum absolute atomic E-state index is 13.4. The molecule has 1 amide bonds. The van der Waals surface area contributed by atoms with Crippen LogP contribution in [0.1, 0.15) is 28.8 Å². The number of nitrogens with zero attached hydrogens (tertiary/aromatic N) is 5. The Morgan fingerprint density at radius 1 is 1.08 bits per heavy atom. The Morgan fingerprint density at radius 2 is 1.86 bits per heavy atom. The minimum absolute atomic E-state index is 0.0841. The van der Waals surface area contributed by atoms with Gasteiger partial charge in [0.1, 0.15) is 24.4 Å². The van der Waals surface area contributed by atoms with Crippen molar-refractivity contribution in [1.82, 2.24) is 15.0 Å². The molecule has 0 radical (unpaired) electrons. The first kappa shape index (κ1) is 25.7. The number of hydrogen-bond acceptors (Lipinski definition) is 7. The van der Waals surface area contributed by atoms with Gasteiger partial charge in [-0.1, -0.05) is 0 Å². The van der Waals surface area contributed by atoms with Crippen molar-refractivity contribution in [2.24, 2.45) is 0 Å². The van der Waals surface area contributed by atoms with E-state index in [4.69, 9.17) is 5.26 Å². The number of amides is 1. The number of fused-ring (bicyclic) bond motifs is 1. The molecule has 14 heteroatoms. The normalized spacial score (nSPS) is 13.5. The molecule has 1 aliphatic rings. The van der Waals surface area contributed by atoms with E-state index in [0.717, 1.165) is 17.7 Å². The third-order valence-electron chi connectivity index (χ3n) is 5.46. The maximum Gasteiger partial charge on any atom is 0.417 e. The van der Waals surface area contributed by atoms with Crippen molar-refractivity contribution in [2.45, 2.75) is 31.7 Å².